The molecule has 0 aliphatic carbocycles. The molecule has 0 rings (SSSR count). The van der Waals surface area contributed by atoms with Gasteiger partial charge in [-0.15, -0.1) is 0 Å². The van der Waals surface area contributed by atoms with Crippen LogP contribution in [0.2, 0.25) is 0 Å². The average molecular weight is 264 g/mol. The molecule has 0 fully saturated rings. The molecule has 0 saturated heterocycles. The summed E-state index contributed by atoms with van der Waals surface area (Å²) in [5, 5.41) is 3.29. The summed E-state index contributed by atoms with van der Waals surface area (Å²) in [4.78, 5) is 0. The molecule has 0 bridgehead atoms. The van der Waals surface area contributed by atoms with E-state index in [0.29, 0.717) is 12.6 Å². The molecule has 17 heavy (non-hydrogen) atoms. The summed E-state index contributed by atoms with van der Waals surface area (Å²) in [7, 11) is -1.35. The number of hydrogen-bond acceptors (Lipinski definition) is 3. The quantitative estimate of drug-likeness (QED) is 0.612. The molecule has 5 heteroatoms. The van der Waals surface area contributed by atoms with Crippen LogP contribution in [0.25, 0.3) is 0 Å². The van der Waals surface area contributed by atoms with E-state index < -0.39 is 10.0 Å². The molecule has 0 unspecified atom stereocenters. The number of rotatable bonds is 10. The highest BCUT2D eigenvalue weighted by molar-refractivity contribution is 7.89. The second kappa shape index (κ2) is 8.89. The van der Waals surface area contributed by atoms with Crippen molar-refractivity contribution in [2.24, 2.45) is 0 Å². The van der Waals surface area contributed by atoms with Gasteiger partial charge in [-0.1, -0.05) is 27.2 Å². The number of hydrogen-bond donors (Lipinski definition) is 1. The fraction of sp³-hybridized carbons (Fsp3) is 1.00. The zero-order valence-electron chi connectivity index (χ0n) is 11.7. The minimum Gasteiger partial charge on any atom is -0.315 e. The number of nitrogens with zero attached hydrogens (tertiary/aromatic N) is 1. The Bertz CT molecular complexity index is 276. The van der Waals surface area contributed by atoms with Crippen molar-refractivity contribution in [2.45, 2.75) is 52.5 Å². The lowest BCUT2D eigenvalue weighted by atomic mass is 10.3. The molecule has 104 valence electrons. The van der Waals surface area contributed by atoms with Crippen molar-refractivity contribution in [1.82, 2.24) is 9.62 Å². The van der Waals surface area contributed by atoms with E-state index in [1.807, 2.05) is 0 Å². The molecule has 1 N–H and O–H groups in total. The largest absolute Gasteiger partial charge is 0.315 e. The lowest BCUT2D eigenvalue weighted by molar-refractivity contribution is 0.456. The van der Waals surface area contributed by atoms with Gasteiger partial charge in [0.25, 0.3) is 0 Å². The number of sulfonamides is 1. The van der Waals surface area contributed by atoms with Crippen molar-refractivity contribution in [2.75, 3.05) is 25.9 Å². The van der Waals surface area contributed by atoms with Gasteiger partial charge in [0.1, 0.15) is 0 Å². The van der Waals surface area contributed by atoms with Gasteiger partial charge in [0.05, 0.1) is 5.75 Å². The third-order valence-electron chi connectivity index (χ3n) is 2.68. The Labute approximate surface area is 107 Å². The zero-order valence-corrected chi connectivity index (χ0v) is 12.5. The van der Waals surface area contributed by atoms with E-state index >= 15 is 0 Å². The first-order chi connectivity index (χ1) is 7.90. The van der Waals surface area contributed by atoms with Crippen molar-refractivity contribution in [3.05, 3.63) is 0 Å². The monoisotopic (exact) mass is 264 g/mol. The minimum absolute atomic E-state index is 0.271. The van der Waals surface area contributed by atoms with Crippen LogP contribution >= 0.6 is 0 Å². The van der Waals surface area contributed by atoms with E-state index in [-0.39, 0.29) is 5.75 Å². The molecule has 0 aromatic rings. The first-order valence-corrected chi connectivity index (χ1v) is 8.18. The molecular formula is C12H28N2O2S. The van der Waals surface area contributed by atoms with Crippen LogP contribution in [0, 0.1) is 0 Å². The molecule has 0 aliphatic heterocycles. The number of unbranched alkanes of at least 4 members (excludes halogenated alkanes) is 2. The van der Waals surface area contributed by atoms with Crippen LogP contribution in [0.3, 0.4) is 0 Å². The molecule has 0 heterocycles. The molecule has 0 radical (unpaired) electrons. The highest BCUT2D eigenvalue weighted by Crippen LogP contribution is 2.04. The van der Waals surface area contributed by atoms with Crippen molar-refractivity contribution < 1.29 is 8.42 Å². The van der Waals surface area contributed by atoms with Crippen LogP contribution in [0.5, 0.6) is 0 Å². The van der Waals surface area contributed by atoms with E-state index in [0.717, 1.165) is 32.2 Å². The second-order valence-electron chi connectivity index (χ2n) is 4.81. The van der Waals surface area contributed by atoms with Crippen molar-refractivity contribution >= 4 is 10.0 Å². The normalized spacial score (nSPS) is 12.6. The summed E-state index contributed by atoms with van der Waals surface area (Å²) in [6.07, 6.45) is 3.61. The maximum absolute atomic E-state index is 11.8. The minimum atomic E-state index is -3.03. The molecule has 4 nitrogen and oxygen atoms in total. The van der Waals surface area contributed by atoms with Crippen LogP contribution in [0.1, 0.15) is 46.5 Å². The van der Waals surface area contributed by atoms with Crippen molar-refractivity contribution in [1.29, 1.82) is 0 Å². The summed E-state index contributed by atoms with van der Waals surface area (Å²) in [6.45, 7) is 7.79. The topological polar surface area (TPSA) is 49.4 Å². The Morgan fingerprint density at radius 1 is 1.18 bits per heavy atom. The summed E-state index contributed by atoms with van der Waals surface area (Å²) in [5.74, 6) is 0.271. The fourth-order valence-corrected chi connectivity index (χ4v) is 2.76. The van der Waals surface area contributed by atoms with E-state index in [4.69, 9.17) is 0 Å². The lowest BCUT2D eigenvalue weighted by Gasteiger charge is -2.16. The Morgan fingerprint density at radius 2 is 1.82 bits per heavy atom. The van der Waals surface area contributed by atoms with Crippen LogP contribution < -0.4 is 5.32 Å². The number of nitrogens with one attached hydrogen (secondary N) is 1. The van der Waals surface area contributed by atoms with Gasteiger partial charge < -0.3 is 5.32 Å². The molecular weight excluding hydrogens is 236 g/mol. The van der Waals surface area contributed by atoms with E-state index in [1.54, 1.807) is 7.05 Å². The second-order valence-corrected chi connectivity index (χ2v) is 7.00. The van der Waals surface area contributed by atoms with Gasteiger partial charge in [-0.2, -0.15) is 0 Å². The van der Waals surface area contributed by atoms with Gasteiger partial charge in [-0.3, -0.25) is 0 Å². The van der Waals surface area contributed by atoms with Crippen LogP contribution in [-0.2, 0) is 10.0 Å². The summed E-state index contributed by atoms with van der Waals surface area (Å²) >= 11 is 0. The molecule has 0 aromatic heterocycles. The molecule has 0 atom stereocenters. The zero-order chi connectivity index (χ0) is 13.3. The van der Waals surface area contributed by atoms with Crippen LogP contribution in [0.15, 0.2) is 0 Å². The predicted molar refractivity (Wildman–Crippen MR) is 73.7 cm³/mol. The van der Waals surface area contributed by atoms with Crippen LogP contribution in [-0.4, -0.2) is 44.7 Å². The van der Waals surface area contributed by atoms with E-state index in [9.17, 15) is 8.42 Å². The highest BCUT2D eigenvalue weighted by atomic mass is 32.2. The van der Waals surface area contributed by atoms with E-state index in [1.165, 1.54) is 4.31 Å². The average Bonchev–Trinajstić information content (AvgIpc) is 2.24. The third-order valence-corrected chi connectivity index (χ3v) is 4.62. The Balaban J connectivity index is 3.77. The maximum atomic E-state index is 11.8. The molecule has 0 spiro atoms. The maximum Gasteiger partial charge on any atom is 0.213 e. The van der Waals surface area contributed by atoms with Gasteiger partial charge >= 0.3 is 0 Å². The smallest absolute Gasteiger partial charge is 0.213 e. The summed E-state index contributed by atoms with van der Waals surface area (Å²) in [6, 6.07) is 0.471. The van der Waals surface area contributed by atoms with Crippen molar-refractivity contribution in [3.63, 3.8) is 0 Å². The first kappa shape index (κ1) is 16.9. The predicted octanol–water partition coefficient (Wildman–Crippen LogP) is 1.83. The SMILES string of the molecule is CCCCN(C)S(=O)(=O)CCCCNC(C)C. The highest BCUT2D eigenvalue weighted by Gasteiger charge is 2.16. The standard InChI is InChI=1S/C12H28N2O2S/c1-5-6-10-14(4)17(15,16)11-8-7-9-13-12(2)3/h12-13H,5-11H2,1-4H3. The van der Waals surface area contributed by atoms with Crippen LogP contribution in [0.4, 0.5) is 0 Å². The van der Waals surface area contributed by atoms with E-state index in [2.05, 4.69) is 26.1 Å². The fourth-order valence-electron chi connectivity index (χ4n) is 1.48. The molecule has 0 saturated carbocycles. The van der Waals surface area contributed by atoms with Gasteiger partial charge in [0, 0.05) is 19.6 Å². The summed E-state index contributed by atoms with van der Waals surface area (Å²) < 4.78 is 25.2. The Morgan fingerprint density at radius 3 is 2.35 bits per heavy atom. The Kier molecular flexibility index (Phi) is 8.82. The van der Waals surface area contributed by atoms with Gasteiger partial charge in [0.2, 0.25) is 10.0 Å². The first-order valence-electron chi connectivity index (χ1n) is 6.57. The lowest BCUT2D eigenvalue weighted by Crippen LogP contribution is -2.30. The summed E-state index contributed by atoms with van der Waals surface area (Å²) in [5.41, 5.74) is 0. The van der Waals surface area contributed by atoms with Gasteiger partial charge in [-0.05, 0) is 25.8 Å². The molecule has 0 aromatic carbocycles. The Hall–Kier alpha value is -0.130. The van der Waals surface area contributed by atoms with Crippen molar-refractivity contribution in [3.8, 4) is 0 Å². The molecule has 0 amide bonds. The van der Waals surface area contributed by atoms with Gasteiger partial charge in [0.15, 0.2) is 0 Å². The van der Waals surface area contributed by atoms with Gasteiger partial charge in [-0.25, -0.2) is 12.7 Å². The third kappa shape index (κ3) is 8.57. The molecule has 0 aliphatic rings.